The fraction of sp³-hybridized carbons (Fsp3) is 0.467. The molecule has 0 aliphatic rings. The quantitative estimate of drug-likeness (QED) is 0.473. The van der Waals surface area contributed by atoms with Crippen molar-refractivity contribution >= 4 is 17.2 Å². The van der Waals surface area contributed by atoms with Crippen molar-refractivity contribution in [3.8, 4) is 0 Å². The van der Waals surface area contributed by atoms with Crippen LogP contribution in [0.15, 0.2) is 11.4 Å². The second-order valence-corrected chi connectivity index (χ2v) is 4.93. The molecular formula is C15H20N4O4. The van der Waals surface area contributed by atoms with E-state index in [4.69, 9.17) is 9.47 Å². The Morgan fingerprint density at radius 1 is 1.35 bits per heavy atom. The zero-order valence-corrected chi connectivity index (χ0v) is 13.5. The number of aryl methyl sites for hydroxylation is 1. The molecule has 0 unspecified atom stereocenters. The van der Waals surface area contributed by atoms with Crippen molar-refractivity contribution in [1.29, 1.82) is 0 Å². The lowest BCUT2D eigenvalue weighted by Gasteiger charge is -2.04. The maximum atomic E-state index is 12.2. The Hall–Kier alpha value is -2.64. The number of aromatic amines is 1. The second-order valence-electron chi connectivity index (χ2n) is 4.93. The van der Waals surface area contributed by atoms with Crippen LogP contribution >= 0.6 is 0 Å². The summed E-state index contributed by atoms with van der Waals surface area (Å²) in [5.74, 6) is 0.158. The van der Waals surface area contributed by atoms with E-state index in [0.29, 0.717) is 12.4 Å². The van der Waals surface area contributed by atoms with Crippen molar-refractivity contribution in [2.45, 2.75) is 33.6 Å². The molecule has 0 saturated heterocycles. The van der Waals surface area contributed by atoms with Gasteiger partial charge in [-0.25, -0.2) is 14.3 Å². The number of fused-ring (bicyclic) bond motifs is 1. The van der Waals surface area contributed by atoms with Crippen molar-refractivity contribution < 1.29 is 14.3 Å². The lowest BCUT2D eigenvalue weighted by molar-refractivity contribution is 0.0495. The summed E-state index contributed by atoms with van der Waals surface area (Å²) in [7, 11) is 0. The molecular weight excluding hydrogens is 300 g/mol. The summed E-state index contributed by atoms with van der Waals surface area (Å²) in [5.41, 5.74) is -0.540. The van der Waals surface area contributed by atoms with Crippen LogP contribution < -0.4 is 5.56 Å². The number of carbonyl (C=O) groups is 1. The van der Waals surface area contributed by atoms with Gasteiger partial charge in [0.2, 0.25) is 0 Å². The van der Waals surface area contributed by atoms with E-state index >= 15 is 0 Å². The monoisotopic (exact) mass is 320 g/mol. The molecule has 0 atom stereocenters. The number of H-pyrrole nitrogens is 1. The van der Waals surface area contributed by atoms with E-state index in [1.165, 1.54) is 4.52 Å². The van der Waals surface area contributed by atoms with E-state index in [1.807, 2.05) is 6.92 Å². The predicted molar refractivity (Wildman–Crippen MR) is 84.2 cm³/mol. The fourth-order valence-electron chi connectivity index (χ4n) is 2.05. The lowest BCUT2D eigenvalue weighted by atomic mass is 10.3. The topological polar surface area (TPSA) is 98.6 Å². The normalized spacial score (nSPS) is 10.7. The first-order valence-electron chi connectivity index (χ1n) is 7.48. The minimum absolute atomic E-state index is 0.0213. The number of hydrogen-bond donors (Lipinski definition) is 1. The molecule has 0 spiro atoms. The summed E-state index contributed by atoms with van der Waals surface area (Å²) in [6, 6.07) is 0. The van der Waals surface area contributed by atoms with Crippen LogP contribution in [-0.2, 0) is 9.47 Å². The van der Waals surface area contributed by atoms with Gasteiger partial charge in [-0.15, -0.1) is 0 Å². The standard InChI is InChI=1S/C15H20N4O4/c1-5-7-8-23-15(21)11-12-14(20)16-10(4)18-19(12)13(17-11)9(3)22-6-2/h3,5-8H2,1-2,4H3,(H,16,18,20). The van der Waals surface area contributed by atoms with Gasteiger partial charge >= 0.3 is 5.97 Å². The lowest BCUT2D eigenvalue weighted by Crippen LogP contribution is -2.18. The van der Waals surface area contributed by atoms with Crippen molar-refractivity contribution in [2.75, 3.05) is 13.2 Å². The van der Waals surface area contributed by atoms with Crippen LogP contribution in [0.2, 0.25) is 0 Å². The van der Waals surface area contributed by atoms with Crippen LogP contribution in [0.3, 0.4) is 0 Å². The van der Waals surface area contributed by atoms with Gasteiger partial charge in [0.05, 0.1) is 13.2 Å². The average molecular weight is 320 g/mol. The minimum atomic E-state index is -0.664. The van der Waals surface area contributed by atoms with Crippen LogP contribution in [-0.4, -0.2) is 38.8 Å². The van der Waals surface area contributed by atoms with E-state index < -0.39 is 11.5 Å². The largest absolute Gasteiger partial charge is 0.491 e. The van der Waals surface area contributed by atoms with Gasteiger partial charge in [-0.1, -0.05) is 19.9 Å². The number of nitrogens with zero attached hydrogens (tertiary/aromatic N) is 3. The van der Waals surface area contributed by atoms with Crippen LogP contribution in [0.4, 0.5) is 0 Å². The van der Waals surface area contributed by atoms with E-state index in [-0.39, 0.29) is 29.4 Å². The number of carbonyl (C=O) groups excluding carboxylic acids is 1. The van der Waals surface area contributed by atoms with Gasteiger partial charge in [0.25, 0.3) is 5.56 Å². The molecule has 0 aromatic carbocycles. The molecule has 1 N–H and O–H groups in total. The molecule has 23 heavy (non-hydrogen) atoms. The van der Waals surface area contributed by atoms with Crippen molar-refractivity contribution in [1.82, 2.24) is 19.6 Å². The van der Waals surface area contributed by atoms with E-state index in [9.17, 15) is 9.59 Å². The number of unbranched alkanes of at least 4 members (excludes halogenated alkanes) is 1. The Bertz CT molecular complexity index is 791. The van der Waals surface area contributed by atoms with Gasteiger partial charge in [0, 0.05) is 0 Å². The van der Waals surface area contributed by atoms with Crippen molar-refractivity contribution in [3.63, 3.8) is 0 Å². The summed E-state index contributed by atoms with van der Waals surface area (Å²) in [4.78, 5) is 31.2. The predicted octanol–water partition coefficient (Wildman–Crippen LogP) is 1.69. The van der Waals surface area contributed by atoms with Crippen LogP contribution in [0.1, 0.15) is 48.8 Å². The van der Waals surface area contributed by atoms with E-state index in [2.05, 4.69) is 21.6 Å². The molecule has 8 nitrogen and oxygen atoms in total. The molecule has 2 aromatic heterocycles. The third-order valence-electron chi connectivity index (χ3n) is 3.11. The third kappa shape index (κ3) is 3.41. The summed E-state index contributed by atoms with van der Waals surface area (Å²) in [5, 5.41) is 4.19. The number of imidazole rings is 1. The van der Waals surface area contributed by atoms with Crippen molar-refractivity contribution in [3.05, 3.63) is 34.3 Å². The Morgan fingerprint density at radius 3 is 2.74 bits per heavy atom. The minimum Gasteiger partial charge on any atom is -0.491 e. The van der Waals surface area contributed by atoms with E-state index in [1.54, 1.807) is 13.8 Å². The molecule has 2 aromatic rings. The Morgan fingerprint density at radius 2 is 2.09 bits per heavy atom. The highest BCUT2D eigenvalue weighted by Crippen LogP contribution is 2.17. The van der Waals surface area contributed by atoms with E-state index in [0.717, 1.165) is 12.8 Å². The highest BCUT2D eigenvalue weighted by molar-refractivity contribution is 5.95. The molecule has 0 radical (unpaired) electrons. The number of aromatic nitrogens is 4. The van der Waals surface area contributed by atoms with Gasteiger partial charge in [0.1, 0.15) is 5.82 Å². The fourth-order valence-corrected chi connectivity index (χ4v) is 2.05. The zero-order chi connectivity index (χ0) is 17.0. The molecule has 0 bridgehead atoms. The molecule has 0 saturated carbocycles. The Balaban J connectivity index is 2.54. The molecule has 2 rings (SSSR count). The van der Waals surface area contributed by atoms with Crippen LogP contribution in [0.5, 0.6) is 0 Å². The summed E-state index contributed by atoms with van der Waals surface area (Å²) in [6.45, 7) is 9.83. The molecule has 8 heteroatoms. The average Bonchev–Trinajstić information content (AvgIpc) is 2.87. The SMILES string of the molecule is C=C(OCC)c1nc(C(=O)OCCCC)c2c(=O)[nH]c(C)nn12. The highest BCUT2D eigenvalue weighted by atomic mass is 16.5. The first-order valence-corrected chi connectivity index (χ1v) is 7.48. The van der Waals surface area contributed by atoms with Gasteiger partial charge in [-0.2, -0.15) is 5.10 Å². The molecule has 2 heterocycles. The Labute approximate surface area is 133 Å². The third-order valence-corrected chi connectivity index (χ3v) is 3.11. The first kappa shape index (κ1) is 16.7. The molecule has 0 fully saturated rings. The summed E-state index contributed by atoms with van der Waals surface area (Å²) >= 11 is 0. The maximum absolute atomic E-state index is 12.2. The zero-order valence-electron chi connectivity index (χ0n) is 13.5. The van der Waals surface area contributed by atoms with Gasteiger partial charge in [0.15, 0.2) is 22.8 Å². The number of ether oxygens (including phenoxy) is 2. The second kappa shape index (κ2) is 7.08. The first-order chi connectivity index (χ1) is 11.0. The summed E-state index contributed by atoms with van der Waals surface area (Å²) < 4.78 is 11.7. The number of nitrogens with one attached hydrogen (secondary N) is 1. The number of hydrogen-bond acceptors (Lipinski definition) is 6. The molecule has 0 amide bonds. The van der Waals surface area contributed by atoms with Gasteiger partial charge < -0.3 is 14.5 Å². The number of esters is 1. The number of rotatable bonds is 7. The summed E-state index contributed by atoms with van der Waals surface area (Å²) in [6.07, 6.45) is 1.63. The smallest absolute Gasteiger partial charge is 0.359 e. The van der Waals surface area contributed by atoms with Crippen molar-refractivity contribution in [2.24, 2.45) is 0 Å². The van der Waals surface area contributed by atoms with Gasteiger partial charge in [-0.05, 0) is 20.3 Å². The molecule has 0 aliphatic heterocycles. The van der Waals surface area contributed by atoms with Crippen LogP contribution in [0.25, 0.3) is 11.3 Å². The van der Waals surface area contributed by atoms with Crippen LogP contribution in [0, 0.1) is 6.92 Å². The highest BCUT2D eigenvalue weighted by Gasteiger charge is 2.24. The molecule has 0 aliphatic carbocycles. The molecule has 124 valence electrons. The van der Waals surface area contributed by atoms with Gasteiger partial charge in [-0.3, -0.25) is 4.79 Å². The maximum Gasteiger partial charge on any atom is 0.359 e. The Kier molecular flexibility index (Phi) is 5.15.